The fraction of sp³-hybridized carbons (Fsp3) is 0.368. The van der Waals surface area contributed by atoms with Gasteiger partial charge in [0.15, 0.2) is 11.5 Å². The Morgan fingerprint density at radius 1 is 1.00 bits per heavy atom. The smallest absolute Gasteiger partial charge is 0.166 e. The minimum Gasteiger partial charge on any atom is -0.493 e. The molecular weight excluding hydrogens is 274 g/mol. The van der Waals surface area contributed by atoms with Gasteiger partial charge in [-0.3, -0.25) is 0 Å². The third-order valence-electron chi connectivity index (χ3n) is 3.66. The predicted molar refractivity (Wildman–Crippen MR) is 90.4 cm³/mol. The van der Waals surface area contributed by atoms with E-state index in [9.17, 15) is 0 Å². The van der Waals surface area contributed by atoms with Crippen LogP contribution in [0.5, 0.6) is 11.5 Å². The Hall–Kier alpha value is -2.00. The normalized spacial score (nSPS) is 12.0. The SMILES string of the molecule is CCC(C)Oc1c(CNCc2ccccc2)cccc1OC. The molecular formula is C19H25NO2. The van der Waals surface area contributed by atoms with Gasteiger partial charge in [-0.2, -0.15) is 0 Å². The second-order valence-corrected chi connectivity index (χ2v) is 5.37. The van der Waals surface area contributed by atoms with Gasteiger partial charge >= 0.3 is 0 Å². The lowest BCUT2D eigenvalue weighted by Gasteiger charge is -2.19. The molecule has 3 nitrogen and oxygen atoms in total. The highest BCUT2D eigenvalue weighted by atomic mass is 16.5. The zero-order valence-electron chi connectivity index (χ0n) is 13.6. The first-order valence-electron chi connectivity index (χ1n) is 7.81. The van der Waals surface area contributed by atoms with Crippen molar-refractivity contribution in [1.82, 2.24) is 5.32 Å². The second-order valence-electron chi connectivity index (χ2n) is 5.37. The summed E-state index contributed by atoms with van der Waals surface area (Å²) in [5.41, 5.74) is 2.39. The molecule has 0 radical (unpaired) electrons. The van der Waals surface area contributed by atoms with E-state index in [1.54, 1.807) is 7.11 Å². The number of methoxy groups -OCH3 is 1. The predicted octanol–water partition coefficient (Wildman–Crippen LogP) is 4.16. The van der Waals surface area contributed by atoms with Gasteiger partial charge in [0.1, 0.15) is 0 Å². The van der Waals surface area contributed by atoms with Crippen molar-refractivity contribution in [2.75, 3.05) is 7.11 Å². The standard InChI is InChI=1S/C19H25NO2/c1-4-15(2)22-19-17(11-8-12-18(19)21-3)14-20-13-16-9-6-5-7-10-16/h5-12,15,20H,4,13-14H2,1-3H3. The van der Waals surface area contributed by atoms with E-state index in [2.05, 4.69) is 49.5 Å². The second kappa shape index (κ2) is 8.44. The molecule has 22 heavy (non-hydrogen) atoms. The summed E-state index contributed by atoms with van der Waals surface area (Å²) in [7, 11) is 1.68. The summed E-state index contributed by atoms with van der Waals surface area (Å²) in [6.45, 7) is 5.78. The van der Waals surface area contributed by atoms with Crippen molar-refractivity contribution in [1.29, 1.82) is 0 Å². The highest BCUT2D eigenvalue weighted by Crippen LogP contribution is 2.32. The summed E-state index contributed by atoms with van der Waals surface area (Å²) < 4.78 is 11.5. The first kappa shape index (κ1) is 16.4. The van der Waals surface area contributed by atoms with Gasteiger partial charge in [-0.15, -0.1) is 0 Å². The van der Waals surface area contributed by atoms with E-state index in [4.69, 9.17) is 9.47 Å². The molecule has 2 aromatic rings. The van der Waals surface area contributed by atoms with Crippen LogP contribution in [0, 0.1) is 0 Å². The van der Waals surface area contributed by atoms with Gasteiger partial charge in [0, 0.05) is 18.7 Å². The molecule has 2 aromatic carbocycles. The molecule has 0 bridgehead atoms. The fourth-order valence-corrected chi connectivity index (χ4v) is 2.22. The Labute approximate surface area is 133 Å². The summed E-state index contributed by atoms with van der Waals surface area (Å²) in [6.07, 6.45) is 1.14. The molecule has 0 aliphatic heterocycles. The number of hydrogen-bond acceptors (Lipinski definition) is 3. The Kier molecular flexibility index (Phi) is 6.28. The summed E-state index contributed by atoms with van der Waals surface area (Å²) in [5.74, 6) is 1.64. The molecule has 0 heterocycles. The zero-order valence-corrected chi connectivity index (χ0v) is 13.6. The van der Waals surface area contributed by atoms with Crippen molar-refractivity contribution in [2.45, 2.75) is 39.5 Å². The Balaban J connectivity index is 2.05. The maximum absolute atomic E-state index is 6.05. The Morgan fingerprint density at radius 2 is 1.77 bits per heavy atom. The van der Waals surface area contributed by atoms with E-state index >= 15 is 0 Å². The first-order chi connectivity index (χ1) is 10.7. The Bertz CT molecular complexity index is 569. The Morgan fingerprint density at radius 3 is 2.45 bits per heavy atom. The third kappa shape index (κ3) is 4.50. The van der Waals surface area contributed by atoms with Crippen LogP contribution < -0.4 is 14.8 Å². The van der Waals surface area contributed by atoms with Crippen LogP contribution in [0.2, 0.25) is 0 Å². The maximum Gasteiger partial charge on any atom is 0.166 e. The van der Waals surface area contributed by atoms with Crippen LogP contribution >= 0.6 is 0 Å². The number of ether oxygens (including phenoxy) is 2. The summed E-state index contributed by atoms with van der Waals surface area (Å²) in [6, 6.07) is 16.4. The van der Waals surface area contributed by atoms with Crippen LogP contribution in [0.1, 0.15) is 31.4 Å². The quantitative estimate of drug-likeness (QED) is 0.794. The van der Waals surface area contributed by atoms with Crippen molar-refractivity contribution in [2.24, 2.45) is 0 Å². The molecule has 1 unspecified atom stereocenters. The van der Waals surface area contributed by atoms with Crippen LogP contribution in [0.25, 0.3) is 0 Å². The highest BCUT2D eigenvalue weighted by Gasteiger charge is 2.12. The van der Waals surface area contributed by atoms with Crippen LogP contribution in [0.3, 0.4) is 0 Å². The van der Waals surface area contributed by atoms with Gasteiger partial charge < -0.3 is 14.8 Å². The van der Waals surface area contributed by atoms with Crippen LogP contribution in [0.4, 0.5) is 0 Å². The van der Waals surface area contributed by atoms with Crippen molar-refractivity contribution in [3.63, 3.8) is 0 Å². The zero-order chi connectivity index (χ0) is 15.8. The van der Waals surface area contributed by atoms with E-state index in [-0.39, 0.29) is 6.10 Å². The van der Waals surface area contributed by atoms with Crippen molar-refractivity contribution >= 4 is 0 Å². The molecule has 0 aromatic heterocycles. The van der Waals surface area contributed by atoms with Crippen molar-refractivity contribution < 1.29 is 9.47 Å². The summed E-state index contributed by atoms with van der Waals surface area (Å²) in [4.78, 5) is 0. The molecule has 1 atom stereocenters. The molecule has 2 rings (SSSR count). The molecule has 0 fully saturated rings. The molecule has 3 heteroatoms. The van der Waals surface area contributed by atoms with Gasteiger partial charge in [0.05, 0.1) is 13.2 Å². The number of benzene rings is 2. The molecule has 0 amide bonds. The number of nitrogens with one attached hydrogen (secondary N) is 1. The molecule has 0 saturated carbocycles. The van der Waals surface area contributed by atoms with E-state index < -0.39 is 0 Å². The van der Waals surface area contributed by atoms with Gasteiger partial charge in [-0.05, 0) is 25.0 Å². The third-order valence-corrected chi connectivity index (χ3v) is 3.66. The maximum atomic E-state index is 6.05. The molecule has 0 spiro atoms. The topological polar surface area (TPSA) is 30.5 Å². The van der Waals surface area contributed by atoms with Crippen molar-refractivity contribution in [3.8, 4) is 11.5 Å². The van der Waals surface area contributed by atoms with Gasteiger partial charge in [0.25, 0.3) is 0 Å². The van der Waals surface area contributed by atoms with E-state index in [0.717, 1.165) is 36.6 Å². The number of para-hydroxylation sites is 1. The lowest BCUT2D eigenvalue weighted by molar-refractivity contribution is 0.205. The highest BCUT2D eigenvalue weighted by molar-refractivity contribution is 5.46. The first-order valence-corrected chi connectivity index (χ1v) is 7.81. The molecule has 1 N–H and O–H groups in total. The molecule has 0 aliphatic carbocycles. The van der Waals surface area contributed by atoms with Gasteiger partial charge in [-0.25, -0.2) is 0 Å². The van der Waals surface area contributed by atoms with Crippen LogP contribution in [-0.4, -0.2) is 13.2 Å². The van der Waals surface area contributed by atoms with E-state index in [1.165, 1.54) is 5.56 Å². The minimum atomic E-state index is 0.171. The number of rotatable bonds is 8. The van der Waals surface area contributed by atoms with E-state index in [0.29, 0.717) is 0 Å². The summed E-state index contributed by atoms with van der Waals surface area (Å²) in [5, 5.41) is 3.47. The molecule has 118 valence electrons. The summed E-state index contributed by atoms with van der Waals surface area (Å²) >= 11 is 0. The monoisotopic (exact) mass is 299 g/mol. The lowest BCUT2D eigenvalue weighted by atomic mass is 10.1. The minimum absolute atomic E-state index is 0.171. The largest absolute Gasteiger partial charge is 0.493 e. The average Bonchev–Trinajstić information content (AvgIpc) is 2.57. The van der Waals surface area contributed by atoms with Crippen molar-refractivity contribution in [3.05, 3.63) is 59.7 Å². The lowest BCUT2D eigenvalue weighted by Crippen LogP contribution is -2.16. The fourth-order valence-electron chi connectivity index (χ4n) is 2.22. The van der Waals surface area contributed by atoms with Crippen LogP contribution in [-0.2, 0) is 13.1 Å². The van der Waals surface area contributed by atoms with Crippen LogP contribution in [0.15, 0.2) is 48.5 Å². The van der Waals surface area contributed by atoms with Gasteiger partial charge in [-0.1, -0.05) is 49.4 Å². The number of hydrogen-bond donors (Lipinski definition) is 1. The van der Waals surface area contributed by atoms with Gasteiger partial charge in [0.2, 0.25) is 0 Å². The van der Waals surface area contributed by atoms with E-state index in [1.807, 2.05) is 18.2 Å². The molecule has 0 saturated heterocycles. The average molecular weight is 299 g/mol. The molecule has 0 aliphatic rings.